The molecule has 2 N–H and O–H groups in total. The van der Waals surface area contributed by atoms with Gasteiger partial charge >= 0.3 is 0 Å². The number of hydrazone groups is 1. The molecule has 0 unspecified atom stereocenters. The summed E-state index contributed by atoms with van der Waals surface area (Å²) in [6.45, 7) is -0.313. The molecule has 2 amide bonds. The molecule has 0 saturated heterocycles. The molecule has 0 aliphatic heterocycles. The Hall–Kier alpha value is -3.09. The Morgan fingerprint density at radius 1 is 1.18 bits per heavy atom. The van der Waals surface area contributed by atoms with Gasteiger partial charge in [-0.3, -0.25) is 14.6 Å². The lowest BCUT2D eigenvalue weighted by molar-refractivity contribution is -0.120. The zero-order valence-electron chi connectivity index (χ0n) is 11.5. The third-order valence-corrected chi connectivity index (χ3v) is 2.60. The first-order valence-electron chi connectivity index (χ1n) is 6.42. The molecule has 0 fully saturated rings. The monoisotopic (exact) mass is 300 g/mol. The minimum atomic E-state index is -0.665. The van der Waals surface area contributed by atoms with Gasteiger partial charge in [-0.2, -0.15) is 5.10 Å². The van der Waals surface area contributed by atoms with Crippen LogP contribution in [0.2, 0.25) is 0 Å². The normalized spacial score (nSPS) is 10.4. The number of rotatable bonds is 5. The number of halogens is 1. The predicted octanol–water partition coefficient (Wildman–Crippen LogP) is 1.10. The molecule has 1 aromatic carbocycles. The standard InChI is InChI=1S/C15H13FN4O2/c16-13-7-2-1-6-12(13)15(22)18-10-14(21)20-19-9-11-5-3-4-8-17-11/h1-9H,10H2,(H,18,22)(H,20,21). The molecule has 2 aromatic rings. The molecule has 0 saturated carbocycles. The van der Waals surface area contributed by atoms with E-state index in [1.165, 1.54) is 30.5 Å². The Balaban J connectivity index is 1.80. The Labute approximate surface area is 126 Å². The highest BCUT2D eigenvalue weighted by Gasteiger charge is 2.11. The molecule has 7 heteroatoms. The maximum atomic E-state index is 13.4. The summed E-state index contributed by atoms with van der Waals surface area (Å²) in [6.07, 6.45) is 2.97. The first-order valence-corrected chi connectivity index (χ1v) is 6.42. The molecule has 0 aliphatic rings. The molecule has 112 valence electrons. The second-order valence-corrected chi connectivity index (χ2v) is 4.21. The van der Waals surface area contributed by atoms with Crippen molar-refractivity contribution in [2.24, 2.45) is 5.10 Å². The number of nitrogens with one attached hydrogen (secondary N) is 2. The number of hydrogen-bond donors (Lipinski definition) is 2. The first kappa shape index (κ1) is 15.3. The van der Waals surface area contributed by atoms with Crippen LogP contribution in [0.4, 0.5) is 4.39 Å². The minimum Gasteiger partial charge on any atom is -0.343 e. The molecule has 1 aromatic heterocycles. The lowest BCUT2D eigenvalue weighted by Gasteiger charge is -2.04. The SMILES string of the molecule is O=C(CNC(=O)c1ccccc1F)NN=Cc1ccccn1. The number of carbonyl (C=O) groups is 2. The lowest BCUT2D eigenvalue weighted by atomic mass is 10.2. The minimum absolute atomic E-state index is 0.118. The van der Waals surface area contributed by atoms with Crippen LogP contribution in [0.25, 0.3) is 0 Å². The van der Waals surface area contributed by atoms with Crippen molar-refractivity contribution in [3.63, 3.8) is 0 Å². The van der Waals surface area contributed by atoms with Crippen molar-refractivity contribution in [3.05, 3.63) is 65.7 Å². The molecule has 0 radical (unpaired) electrons. The van der Waals surface area contributed by atoms with Gasteiger partial charge < -0.3 is 5.32 Å². The second kappa shape index (κ2) is 7.63. The number of pyridine rings is 1. The van der Waals surface area contributed by atoms with Crippen LogP contribution in [0, 0.1) is 5.82 Å². The predicted molar refractivity (Wildman–Crippen MR) is 78.7 cm³/mol. The summed E-state index contributed by atoms with van der Waals surface area (Å²) in [5.41, 5.74) is 2.70. The van der Waals surface area contributed by atoms with Gasteiger partial charge in [-0.25, -0.2) is 9.82 Å². The van der Waals surface area contributed by atoms with Crippen molar-refractivity contribution in [2.45, 2.75) is 0 Å². The molecular formula is C15H13FN4O2. The average molecular weight is 300 g/mol. The van der Waals surface area contributed by atoms with Crippen LogP contribution in [-0.4, -0.2) is 29.6 Å². The number of amides is 2. The molecule has 0 aliphatic carbocycles. The summed E-state index contributed by atoms with van der Waals surface area (Å²) < 4.78 is 13.4. The Bertz CT molecular complexity index is 689. The third kappa shape index (κ3) is 4.48. The van der Waals surface area contributed by atoms with Crippen LogP contribution in [0.15, 0.2) is 53.8 Å². The van der Waals surface area contributed by atoms with Crippen LogP contribution in [0.5, 0.6) is 0 Å². The van der Waals surface area contributed by atoms with E-state index in [-0.39, 0.29) is 12.1 Å². The Kier molecular flexibility index (Phi) is 5.31. The molecule has 22 heavy (non-hydrogen) atoms. The lowest BCUT2D eigenvalue weighted by Crippen LogP contribution is -2.35. The summed E-state index contributed by atoms with van der Waals surface area (Å²) in [6, 6.07) is 10.8. The summed E-state index contributed by atoms with van der Waals surface area (Å²) in [7, 11) is 0. The third-order valence-electron chi connectivity index (χ3n) is 2.60. The van der Waals surface area contributed by atoms with Gasteiger partial charge in [0, 0.05) is 6.20 Å². The van der Waals surface area contributed by atoms with E-state index < -0.39 is 17.6 Å². The van der Waals surface area contributed by atoms with Gasteiger partial charge in [-0.05, 0) is 24.3 Å². The van der Waals surface area contributed by atoms with Crippen molar-refractivity contribution < 1.29 is 14.0 Å². The van der Waals surface area contributed by atoms with Crippen LogP contribution >= 0.6 is 0 Å². The van der Waals surface area contributed by atoms with E-state index in [1.807, 2.05) is 0 Å². The summed E-state index contributed by atoms with van der Waals surface area (Å²) in [5.74, 6) is -1.84. The Morgan fingerprint density at radius 2 is 1.95 bits per heavy atom. The zero-order chi connectivity index (χ0) is 15.8. The molecule has 0 spiro atoms. The maximum Gasteiger partial charge on any atom is 0.259 e. The number of hydrogen-bond acceptors (Lipinski definition) is 4. The quantitative estimate of drug-likeness (QED) is 0.640. The molecule has 6 nitrogen and oxygen atoms in total. The fourth-order valence-electron chi connectivity index (χ4n) is 1.56. The highest BCUT2D eigenvalue weighted by molar-refractivity contribution is 5.96. The van der Waals surface area contributed by atoms with Gasteiger partial charge in [0.25, 0.3) is 11.8 Å². The van der Waals surface area contributed by atoms with Crippen LogP contribution < -0.4 is 10.7 Å². The van der Waals surface area contributed by atoms with Gasteiger partial charge in [0.05, 0.1) is 24.0 Å². The van der Waals surface area contributed by atoms with Crippen molar-refractivity contribution in [1.29, 1.82) is 0 Å². The van der Waals surface area contributed by atoms with E-state index >= 15 is 0 Å². The van der Waals surface area contributed by atoms with Gasteiger partial charge in [0.1, 0.15) is 5.82 Å². The highest BCUT2D eigenvalue weighted by atomic mass is 19.1. The Morgan fingerprint density at radius 3 is 2.68 bits per heavy atom. The topological polar surface area (TPSA) is 83.5 Å². The summed E-state index contributed by atoms with van der Waals surface area (Å²) >= 11 is 0. The van der Waals surface area contributed by atoms with E-state index in [0.717, 1.165) is 0 Å². The summed E-state index contributed by atoms with van der Waals surface area (Å²) in [4.78, 5) is 27.2. The number of carbonyl (C=O) groups excluding carboxylic acids is 2. The smallest absolute Gasteiger partial charge is 0.259 e. The number of aromatic nitrogens is 1. The van der Waals surface area contributed by atoms with Crippen LogP contribution in [-0.2, 0) is 4.79 Å². The van der Waals surface area contributed by atoms with E-state index in [4.69, 9.17) is 0 Å². The average Bonchev–Trinajstić information content (AvgIpc) is 2.54. The van der Waals surface area contributed by atoms with E-state index in [2.05, 4.69) is 20.8 Å². The van der Waals surface area contributed by atoms with Crippen molar-refractivity contribution in [2.75, 3.05) is 6.54 Å². The van der Waals surface area contributed by atoms with Crippen molar-refractivity contribution in [1.82, 2.24) is 15.7 Å². The molecule has 0 atom stereocenters. The number of nitrogens with zero attached hydrogens (tertiary/aromatic N) is 2. The fraction of sp³-hybridized carbons (Fsp3) is 0.0667. The van der Waals surface area contributed by atoms with Crippen LogP contribution in [0.1, 0.15) is 16.1 Å². The van der Waals surface area contributed by atoms with Crippen molar-refractivity contribution in [3.8, 4) is 0 Å². The molecular weight excluding hydrogens is 287 g/mol. The molecule has 1 heterocycles. The van der Waals surface area contributed by atoms with Crippen molar-refractivity contribution >= 4 is 18.0 Å². The summed E-state index contributed by atoms with van der Waals surface area (Å²) in [5, 5.41) is 6.01. The van der Waals surface area contributed by atoms with E-state index in [9.17, 15) is 14.0 Å². The van der Waals surface area contributed by atoms with Crippen LogP contribution in [0.3, 0.4) is 0 Å². The molecule has 2 rings (SSSR count). The largest absolute Gasteiger partial charge is 0.343 e. The van der Waals surface area contributed by atoms with Gasteiger partial charge in [0.15, 0.2) is 0 Å². The fourth-order valence-corrected chi connectivity index (χ4v) is 1.56. The van der Waals surface area contributed by atoms with Gasteiger partial charge in [-0.1, -0.05) is 18.2 Å². The molecule has 0 bridgehead atoms. The zero-order valence-corrected chi connectivity index (χ0v) is 11.5. The van der Waals surface area contributed by atoms with Gasteiger partial charge in [0.2, 0.25) is 0 Å². The first-order chi connectivity index (χ1) is 10.7. The maximum absolute atomic E-state index is 13.4. The van der Waals surface area contributed by atoms with E-state index in [1.54, 1.807) is 24.4 Å². The highest BCUT2D eigenvalue weighted by Crippen LogP contribution is 2.05. The van der Waals surface area contributed by atoms with E-state index in [0.29, 0.717) is 5.69 Å². The van der Waals surface area contributed by atoms with Gasteiger partial charge in [-0.15, -0.1) is 0 Å². The second-order valence-electron chi connectivity index (χ2n) is 4.21. The number of benzene rings is 1.